The number of piperazine rings is 1. The fraction of sp³-hybridized carbons (Fsp3) is 0.450. The number of aromatic amines is 2. The molecule has 4 amide bonds. The van der Waals surface area contributed by atoms with Crippen molar-refractivity contribution in [1.82, 2.24) is 40.0 Å². The van der Waals surface area contributed by atoms with E-state index in [4.69, 9.17) is 15.5 Å². The van der Waals surface area contributed by atoms with Crippen molar-refractivity contribution in [1.29, 1.82) is 0 Å². The Labute approximate surface area is 315 Å². The molecule has 0 saturated carbocycles. The molecule has 2 aromatic heterocycles. The highest BCUT2D eigenvalue weighted by Gasteiger charge is 2.38. The molecule has 14 heteroatoms. The molecule has 0 aliphatic carbocycles. The van der Waals surface area contributed by atoms with Crippen molar-refractivity contribution in [3.63, 3.8) is 0 Å². The molecular formula is C40H49N9O5. The van der Waals surface area contributed by atoms with Crippen molar-refractivity contribution in [3.05, 3.63) is 71.4 Å². The Morgan fingerprint density at radius 1 is 0.889 bits per heavy atom. The average Bonchev–Trinajstić information content (AvgIpc) is 3.95. The highest BCUT2D eigenvalue weighted by atomic mass is 16.5. The van der Waals surface area contributed by atoms with E-state index in [2.05, 4.69) is 32.1 Å². The Hall–Kier alpha value is -5.68. The highest BCUT2D eigenvalue weighted by Crippen LogP contribution is 2.33. The molecular weight excluding hydrogens is 686 g/mol. The van der Waals surface area contributed by atoms with Crippen LogP contribution in [0, 0.1) is 23.7 Å². The Balaban J connectivity index is 1.15. The van der Waals surface area contributed by atoms with Crippen molar-refractivity contribution in [2.24, 2.45) is 17.6 Å². The third kappa shape index (κ3) is 8.11. The van der Waals surface area contributed by atoms with Crippen LogP contribution >= 0.6 is 0 Å². The zero-order valence-corrected chi connectivity index (χ0v) is 31.7. The number of likely N-dealkylation sites (tertiary alicyclic amines) is 1. The van der Waals surface area contributed by atoms with Gasteiger partial charge in [-0.2, -0.15) is 0 Å². The molecule has 4 atom stereocenters. The number of hydrogen-bond donors (Lipinski definition) is 4. The maximum absolute atomic E-state index is 13.5. The van der Waals surface area contributed by atoms with Crippen molar-refractivity contribution >= 4 is 34.8 Å². The first-order valence-electron chi connectivity index (χ1n) is 18.5. The minimum atomic E-state index is -0.700. The fourth-order valence-electron chi connectivity index (χ4n) is 7.03. The van der Waals surface area contributed by atoms with E-state index in [1.165, 1.54) is 14.0 Å². The highest BCUT2D eigenvalue weighted by molar-refractivity contribution is 5.87. The van der Waals surface area contributed by atoms with Crippen LogP contribution in [0.5, 0.6) is 0 Å². The van der Waals surface area contributed by atoms with Gasteiger partial charge in [-0.25, -0.2) is 14.8 Å². The monoisotopic (exact) mass is 735 g/mol. The average molecular weight is 736 g/mol. The summed E-state index contributed by atoms with van der Waals surface area (Å²) in [5, 5.41) is 2.69. The topological polar surface area (TPSA) is 183 Å². The number of nitrogens with two attached hydrogens (primary N) is 1. The van der Waals surface area contributed by atoms with Gasteiger partial charge in [0.2, 0.25) is 17.7 Å². The maximum Gasteiger partial charge on any atom is 0.407 e. The van der Waals surface area contributed by atoms with E-state index in [0.29, 0.717) is 37.8 Å². The van der Waals surface area contributed by atoms with Gasteiger partial charge in [-0.1, -0.05) is 51.7 Å². The minimum Gasteiger partial charge on any atom is -0.453 e. The molecule has 0 spiro atoms. The number of methoxy groups -OCH3 is 1. The molecule has 2 fully saturated rings. The Bertz CT molecular complexity index is 2080. The number of carbonyl (C=O) groups is 4. The molecule has 6 rings (SSSR count). The van der Waals surface area contributed by atoms with E-state index in [1.807, 2.05) is 70.2 Å². The molecule has 54 heavy (non-hydrogen) atoms. The van der Waals surface area contributed by atoms with Gasteiger partial charge < -0.3 is 40.5 Å². The lowest BCUT2D eigenvalue weighted by Gasteiger charge is -2.41. The molecule has 0 radical (unpaired) electrons. The minimum absolute atomic E-state index is 0.0199. The van der Waals surface area contributed by atoms with Crippen molar-refractivity contribution in [2.45, 2.75) is 71.6 Å². The molecule has 4 heterocycles. The first kappa shape index (κ1) is 38.1. The van der Waals surface area contributed by atoms with Crippen molar-refractivity contribution in [3.8, 4) is 23.1 Å². The molecule has 4 aromatic rings. The third-order valence-electron chi connectivity index (χ3n) is 10.3. The third-order valence-corrected chi connectivity index (χ3v) is 10.3. The second-order valence-electron chi connectivity index (χ2n) is 14.7. The van der Waals surface area contributed by atoms with E-state index in [0.717, 1.165) is 46.3 Å². The van der Waals surface area contributed by atoms with Crippen LogP contribution in [0.2, 0.25) is 0 Å². The quantitative estimate of drug-likeness (QED) is 0.195. The summed E-state index contributed by atoms with van der Waals surface area (Å²) in [7, 11) is 1.28. The predicted molar refractivity (Wildman–Crippen MR) is 203 cm³/mol. The smallest absolute Gasteiger partial charge is 0.407 e. The van der Waals surface area contributed by atoms with Gasteiger partial charge in [-0.3, -0.25) is 14.4 Å². The lowest BCUT2D eigenvalue weighted by Crippen LogP contribution is -2.56. The van der Waals surface area contributed by atoms with Gasteiger partial charge in [0.15, 0.2) is 0 Å². The number of nitrogens with one attached hydrogen (secondary N) is 3. The van der Waals surface area contributed by atoms with Crippen LogP contribution < -0.4 is 11.1 Å². The number of carbonyl (C=O) groups excluding carboxylic acids is 4. The van der Waals surface area contributed by atoms with Gasteiger partial charge >= 0.3 is 6.09 Å². The van der Waals surface area contributed by atoms with Gasteiger partial charge in [-0.05, 0) is 60.6 Å². The number of fused-ring (bicyclic) bond motifs is 1. The van der Waals surface area contributed by atoms with Gasteiger partial charge in [0.1, 0.15) is 23.7 Å². The number of aromatic nitrogens is 4. The Morgan fingerprint density at radius 2 is 1.59 bits per heavy atom. The summed E-state index contributed by atoms with van der Waals surface area (Å²) in [4.78, 5) is 72.6. The molecule has 0 unspecified atom stereocenters. The summed E-state index contributed by atoms with van der Waals surface area (Å²) in [5.74, 6) is 7.31. The first-order chi connectivity index (χ1) is 25.8. The van der Waals surface area contributed by atoms with Crippen LogP contribution in [0.4, 0.5) is 4.79 Å². The van der Waals surface area contributed by atoms with Gasteiger partial charge in [0, 0.05) is 44.2 Å². The fourth-order valence-corrected chi connectivity index (χ4v) is 7.03. The summed E-state index contributed by atoms with van der Waals surface area (Å²) in [5.41, 5.74) is 11.2. The van der Waals surface area contributed by atoms with Crippen LogP contribution in [0.3, 0.4) is 0 Å². The first-order valence-corrected chi connectivity index (χ1v) is 18.5. The maximum atomic E-state index is 13.5. The van der Waals surface area contributed by atoms with E-state index in [9.17, 15) is 19.2 Å². The second-order valence-corrected chi connectivity index (χ2v) is 14.7. The molecule has 2 saturated heterocycles. The van der Waals surface area contributed by atoms with Crippen LogP contribution in [0.25, 0.3) is 22.3 Å². The Morgan fingerprint density at radius 3 is 2.28 bits per heavy atom. The number of hydrogen-bond acceptors (Lipinski definition) is 8. The molecule has 2 aliphatic heterocycles. The summed E-state index contributed by atoms with van der Waals surface area (Å²) < 4.78 is 4.75. The normalized spacial score (nSPS) is 18.4. The zero-order valence-electron chi connectivity index (χ0n) is 31.7. The molecule has 2 aliphatic rings. The van der Waals surface area contributed by atoms with Crippen molar-refractivity contribution < 1.29 is 23.9 Å². The number of imidazole rings is 2. The Kier molecular flexibility index (Phi) is 11.4. The molecule has 0 bridgehead atoms. The summed E-state index contributed by atoms with van der Waals surface area (Å²) in [6.45, 7) is 10.9. The van der Waals surface area contributed by atoms with Gasteiger partial charge in [-0.15, -0.1) is 0 Å². The van der Waals surface area contributed by atoms with E-state index >= 15 is 0 Å². The SMILES string of the molecule is COC(=O)N[C@H](C(=O)N1CCC[C@H]1c1nc2ccc(C#Cc3ccc(-c4cnc([C@@H]5CN(C(C)=O)CCN5C(=O)[C@@H](N)C(C)C)[nH]4)cc3)cc2[nH]1)C(C)C. The van der Waals surface area contributed by atoms with E-state index < -0.39 is 24.2 Å². The summed E-state index contributed by atoms with van der Waals surface area (Å²) in [6.07, 6.45) is 2.71. The molecule has 14 nitrogen and oxygen atoms in total. The van der Waals surface area contributed by atoms with Crippen molar-refractivity contribution in [2.75, 3.05) is 33.3 Å². The number of benzene rings is 2. The van der Waals surface area contributed by atoms with E-state index in [1.54, 1.807) is 20.9 Å². The number of rotatable bonds is 8. The largest absolute Gasteiger partial charge is 0.453 e. The summed E-state index contributed by atoms with van der Waals surface area (Å²) >= 11 is 0. The second kappa shape index (κ2) is 16.1. The lowest BCUT2D eigenvalue weighted by molar-refractivity contribution is -0.144. The van der Waals surface area contributed by atoms with Crippen LogP contribution in [-0.2, 0) is 19.1 Å². The number of ether oxygens (including phenoxy) is 1. The number of H-pyrrole nitrogens is 2. The predicted octanol–water partition coefficient (Wildman–Crippen LogP) is 4.11. The molecule has 5 N–H and O–H groups in total. The number of nitrogens with zero attached hydrogens (tertiary/aromatic N) is 5. The number of amides is 4. The van der Waals surface area contributed by atoms with Crippen LogP contribution in [0.1, 0.15) is 82.3 Å². The van der Waals surface area contributed by atoms with Gasteiger partial charge in [0.25, 0.3) is 0 Å². The zero-order chi connectivity index (χ0) is 38.7. The molecule has 2 aromatic carbocycles. The number of alkyl carbamates (subject to hydrolysis) is 1. The standard InChI is InChI=1S/C40H49N9O5/c1-23(2)34(41)38(51)49-19-18-47(25(5)50)22-33(49)36-42-21-31(45-36)28-14-11-26(12-15-28)9-10-27-13-16-29-30(20-27)44-37(43-29)32-8-7-17-48(32)39(52)35(24(3)4)46-40(53)54-6/h11-16,20-21,23-24,32-35H,7-8,17-19,22,41H2,1-6H3,(H,42,45)(H,43,44)(H,46,53)/t32-,33-,34-,35-/m0/s1. The molecule has 284 valence electrons. The summed E-state index contributed by atoms with van der Waals surface area (Å²) in [6, 6.07) is 11.6. The van der Waals surface area contributed by atoms with E-state index in [-0.39, 0.29) is 35.6 Å². The van der Waals surface area contributed by atoms with Crippen LogP contribution in [-0.4, -0.2) is 104 Å². The van der Waals surface area contributed by atoms with Gasteiger partial charge in [0.05, 0.1) is 42.1 Å². The lowest BCUT2D eigenvalue weighted by atomic mass is 10.0. The van der Waals surface area contributed by atoms with Crippen LogP contribution in [0.15, 0.2) is 48.7 Å².